The third-order valence-electron chi connectivity index (χ3n) is 7.78. The number of alkyl carbamates (subject to hydrolysis) is 1. The second-order valence-electron chi connectivity index (χ2n) is 12.2. The largest absolute Gasteiger partial charge is 0.479 e. The number of hydrogen-bond donors (Lipinski definition) is 2. The number of aliphatic carboxylic acids is 1. The number of ether oxygens (including phenoxy) is 2. The number of thiazole rings is 1. The molecule has 0 saturated carbocycles. The van der Waals surface area contributed by atoms with Crippen LogP contribution in [0.2, 0.25) is 5.02 Å². The molecule has 1 aliphatic heterocycles. The molecule has 0 spiro atoms. The van der Waals surface area contributed by atoms with E-state index in [1.807, 2.05) is 69.8 Å². The highest BCUT2D eigenvalue weighted by Crippen LogP contribution is 2.45. The molecule has 2 N–H and O–H groups in total. The zero-order valence-corrected chi connectivity index (χ0v) is 27.4. The first kappa shape index (κ1) is 30.8. The van der Waals surface area contributed by atoms with Crippen molar-refractivity contribution in [3.63, 3.8) is 0 Å². The average Bonchev–Trinajstić information content (AvgIpc) is 3.53. The van der Waals surface area contributed by atoms with Crippen LogP contribution in [-0.4, -0.2) is 63.8 Å². The van der Waals surface area contributed by atoms with Gasteiger partial charge in [-0.05, 0) is 75.2 Å². The lowest BCUT2D eigenvalue weighted by Crippen LogP contribution is -2.59. The number of carboxylic acids is 1. The van der Waals surface area contributed by atoms with Gasteiger partial charge in [-0.15, -0.1) is 11.3 Å². The number of nitrogens with zero attached hydrogens (tertiary/aromatic N) is 4. The minimum atomic E-state index is -1.19. The molecule has 0 aliphatic carbocycles. The lowest BCUT2D eigenvalue weighted by molar-refractivity contribution is -0.160. The Morgan fingerprint density at radius 2 is 1.80 bits per heavy atom. The van der Waals surface area contributed by atoms with Crippen molar-refractivity contribution >= 4 is 61.9 Å². The monoisotopic (exact) mass is 647 g/mol. The third-order valence-corrected chi connectivity index (χ3v) is 9.17. The van der Waals surface area contributed by atoms with E-state index in [0.717, 1.165) is 54.2 Å². The van der Waals surface area contributed by atoms with E-state index in [1.165, 1.54) is 18.4 Å². The summed E-state index contributed by atoms with van der Waals surface area (Å²) in [5, 5.41) is 20.3. The highest BCUT2D eigenvalue weighted by molar-refractivity contribution is 7.22. The number of anilines is 1. The predicted molar refractivity (Wildman–Crippen MR) is 177 cm³/mol. The van der Waals surface area contributed by atoms with Crippen molar-refractivity contribution in [3.8, 4) is 21.7 Å². The molecule has 1 aliphatic rings. The molecule has 3 aromatic carbocycles. The predicted octanol–water partition coefficient (Wildman–Crippen LogP) is 6.96. The van der Waals surface area contributed by atoms with E-state index in [4.69, 9.17) is 31.2 Å². The molecular weight excluding hydrogens is 614 g/mol. The van der Waals surface area contributed by atoms with E-state index < -0.39 is 23.8 Å². The Morgan fingerprint density at radius 1 is 1.11 bits per heavy atom. The van der Waals surface area contributed by atoms with Gasteiger partial charge in [-0.2, -0.15) is 5.10 Å². The third kappa shape index (κ3) is 5.95. The summed E-state index contributed by atoms with van der Waals surface area (Å²) in [5.41, 5.74) is 4.96. The van der Waals surface area contributed by atoms with E-state index in [-0.39, 0.29) is 6.04 Å². The molecule has 10 nitrogen and oxygen atoms in total. The minimum absolute atomic E-state index is 0.0115. The normalized spacial score (nSPS) is 14.5. The summed E-state index contributed by atoms with van der Waals surface area (Å²) in [7, 11) is 3.26. The number of amides is 1. The molecule has 1 saturated heterocycles. The van der Waals surface area contributed by atoms with Crippen LogP contribution in [0.3, 0.4) is 0 Å². The Morgan fingerprint density at radius 3 is 2.44 bits per heavy atom. The first-order valence-electron chi connectivity index (χ1n) is 14.5. The fourth-order valence-electron chi connectivity index (χ4n) is 5.74. The number of aromatic nitrogens is 3. The highest BCUT2D eigenvalue weighted by Gasteiger charge is 2.33. The molecule has 3 heterocycles. The summed E-state index contributed by atoms with van der Waals surface area (Å²) < 4.78 is 13.6. The number of carbonyl (C=O) groups is 2. The smallest absolute Gasteiger partial charge is 0.407 e. The van der Waals surface area contributed by atoms with Gasteiger partial charge in [-0.25, -0.2) is 14.6 Å². The molecule has 6 rings (SSSR count). The maximum Gasteiger partial charge on any atom is 0.407 e. The molecule has 1 fully saturated rings. The van der Waals surface area contributed by atoms with Crippen molar-refractivity contribution in [2.75, 3.05) is 25.1 Å². The zero-order chi connectivity index (χ0) is 32.2. The van der Waals surface area contributed by atoms with Crippen molar-refractivity contribution in [2.24, 2.45) is 7.05 Å². The van der Waals surface area contributed by atoms with E-state index in [9.17, 15) is 14.7 Å². The van der Waals surface area contributed by atoms with Gasteiger partial charge in [0.1, 0.15) is 5.01 Å². The highest BCUT2D eigenvalue weighted by atomic mass is 35.5. The number of nitrogens with one attached hydrogen (secondary N) is 1. The number of aryl methyl sites for hydroxylation is 2. The summed E-state index contributed by atoms with van der Waals surface area (Å²) in [6.45, 7) is 8.70. The Balaban J connectivity index is 1.47. The molecule has 0 radical (unpaired) electrons. The number of carboxylic acid groups (broad SMARTS) is 1. The SMILES string of the molecule is COC(=O)NC1CN(c2nn(C)c3ccc(-c4nc5cc(C)c([C@H](OC(C)(C)C)C(=O)O)c(-c6ccc(Cl)cc6)c5s4)cc23)C1. The molecule has 1 amide bonds. The van der Waals surface area contributed by atoms with Crippen molar-refractivity contribution in [1.29, 1.82) is 0 Å². The van der Waals surface area contributed by atoms with Crippen LogP contribution in [-0.2, 0) is 21.3 Å². The van der Waals surface area contributed by atoms with Crippen molar-refractivity contribution in [2.45, 2.75) is 45.4 Å². The van der Waals surface area contributed by atoms with Crippen molar-refractivity contribution < 1.29 is 24.2 Å². The van der Waals surface area contributed by atoms with Crippen LogP contribution >= 0.6 is 22.9 Å². The van der Waals surface area contributed by atoms with Gasteiger partial charge in [0.15, 0.2) is 11.9 Å². The van der Waals surface area contributed by atoms with Crippen LogP contribution in [0, 0.1) is 6.92 Å². The van der Waals surface area contributed by atoms with Crippen LogP contribution < -0.4 is 10.2 Å². The minimum Gasteiger partial charge on any atom is -0.479 e. The van der Waals surface area contributed by atoms with E-state index in [0.29, 0.717) is 23.7 Å². The van der Waals surface area contributed by atoms with Crippen molar-refractivity contribution in [1.82, 2.24) is 20.1 Å². The lowest BCUT2D eigenvalue weighted by atomic mass is 9.91. The van der Waals surface area contributed by atoms with Gasteiger partial charge in [0, 0.05) is 47.2 Å². The number of hydrogen-bond acceptors (Lipinski definition) is 8. The molecular formula is C33H34ClN5O5S. The number of carbonyl (C=O) groups excluding carboxylic acids is 1. The molecule has 12 heteroatoms. The van der Waals surface area contributed by atoms with Gasteiger partial charge in [0.05, 0.1) is 34.5 Å². The fourth-order valence-corrected chi connectivity index (χ4v) is 6.99. The van der Waals surface area contributed by atoms with E-state index >= 15 is 0 Å². The van der Waals surface area contributed by atoms with Crippen LogP contribution in [0.25, 0.3) is 42.8 Å². The lowest BCUT2D eigenvalue weighted by Gasteiger charge is -2.39. The molecule has 2 aromatic heterocycles. The van der Waals surface area contributed by atoms with Crippen molar-refractivity contribution in [3.05, 3.63) is 64.7 Å². The maximum absolute atomic E-state index is 12.7. The Bertz CT molecular complexity index is 1940. The quantitative estimate of drug-likeness (QED) is 0.195. The maximum atomic E-state index is 12.7. The summed E-state index contributed by atoms with van der Waals surface area (Å²) in [5.74, 6) is -0.223. The Hall–Kier alpha value is -4.19. The van der Waals surface area contributed by atoms with Gasteiger partial charge in [-0.1, -0.05) is 23.7 Å². The second kappa shape index (κ2) is 11.6. The molecule has 1 atom stereocenters. The summed E-state index contributed by atoms with van der Waals surface area (Å²) in [6, 6.07) is 15.5. The number of benzene rings is 3. The van der Waals surface area contributed by atoms with E-state index in [1.54, 1.807) is 12.1 Å². The van der Waals surface area contributed by atoms with Crippen LogP contribution in [0.1, 0.15) is 38.0 Å². The molecule has 45 heavy (non-hydrogen) atoms. The number of methoxy groups -OCH3 is 1. The van der Waals surface area contributed by atoms with E-state index in [2.05, 4.69) is 16.3 Å². The van der Waals surface area contributed by atoms with Gasteiger partial charge in [0.2, 0.25) is 0 Å². The first-order chi connectivity index (χ1) is 21.3. The standard InChI is InChI=1S/C33H34ClN5O5S/c1-17-13-23-28(26(18-7-10-20(34)11-8-18)25(17)27(31(40)41)44-33(2,3)4)45-30(36-23)19-9-12-24-22(14-19)29(37-38(24)5)39-15-21(16-39)35-32(42)43-6/h7-14,21,27H,15-16H2,1-6H3,(H,35,42)(H,40,41)/t27-/m0/s1. The molecule has 0 unspecified atom stereocenters. The van der Waals surface area contributed by atoms with Gasteiger partial charge >= 0.3 is 12.1 Å². The van der Waals surface area contributed by atoms with Crippen LogP contribution in [0.15, 0.2) is 48.5 Å². The Kier molecular flexibility index (Phi) is 7.96. The summed E-state index contributed by atoms with van der Waals surface area (Å²) in [6.07, 6.45) is -1.63. The molecule has 0 bridgehead atoms. The van der Waals surface area contributed by atoms with Gasteiger partial charge in [0.25, 0.3) is 0 Å². The molecule has 5 aromatic rings. The first-order valence-corrected chi connectivity index (χ1v) is 15.7. The zero-order valence-electron chi connectivity index (χ0n) is 25.8. The number of fused-ring (bicyclic) bond motifs is 2. The summed E-state index contributed by atoms with van der Waals surface area (Å²) in [4.78, 5) is 31.5. The number of rotatable bonds is 7. The topological polar surface area (TPSA) is 119 Å². The average molecular weight is 648 g/mol. The van der Waals surface area contributed by atoms with Gasteiger partial charge < -0.3 is 24.8 Å². The Labute approximate surface area is 269 Å². The molecule has 234 valence electrons. The summed E-state index contributed by atoms with van der Waals surface area (Å²) >= 11 is 7.76. The second-order valence-corrected chi connectivity index (χ2v) is 13.7. The fraction of sp³-hybridized carbons (Fsp3) is 0.333. The number of halogens is 1. The van der Waals surface area contributed by atoms with Crippen LogP contribution in [0.4, 0.5) is 10.6 Å². The van der Waals surface area contributed by atoms with Gasteiger partial charge in [-0.3, -0.25) is 4.68 Å². The van der Waals surface area contributed by atoms with Crippen LogP contribution in [0.5, 0.6) is 0 Å².